The third kappa shape index (κ3) is 5.09. The smallest absolute Gasteiger partial charge is 0.381 e. The van der Waals surface area contributed by atoms with Crippen molar-refractivity contribution in [1.82, 2.24) is 9.97 Å². The predicted octanol–water partition coefficient (Wildman–Crippen LogP) is 3.76. The zero-order valence-electron chi connectivity index (χ0n) is 13.0. The minimum Gasteiger partial charge on any atom is -0.406 e. The fourth-order valence-corrected chi connectivity index (χ4v) is 3.44. The van der Waals surface area contributed by atoms with E-state index >= 15 is 0 Å². The van der Waals surface area contributed by atoms with Gasteiger partial charge in [-0.05, 0) is 20.8 Å². The summed E-state index contributed by atoms with van der Waals surface area (Å²) in [6.07, 6.45) is 0. The average Bonchev–Trinajstić information content (AvgIpc) is 2.26. The van der Waals surface area contributed by atoms with E-state index in [1.165, 1.54) is 0 Å². The van der Waals surface area contributed by atoms with E-state index in [1.54, 1.807) is 6.07 Å². The molecule has 114 valence electrons. The van der Waals surface area contributed by atoms with E-state index in [0.29, 0.717) is 24.9 Å². The SMILES string of the molecule is CCOP(=S)(OCC)Oc1cc(C)nc(C(C)(C)C)n1. The van der Waals surface area contributed by atoms with Gasteiger partial charge in [0.1, 0.15) is 5.82 Å². The van der Waals surface area contributed by atoms with Crippen LogP contribution in [0.3, 0.4) is 0 Å². The maximum absolute atomic E-state index is 5.73. The molecule has 20 heavy (non-hydrogen) atoms. The Morgan fingerprint density at radius 3 is 2.15 bits per heavy atom. The number of rotatable bonds is 6. The van der Waals surface area contributed by atoms with Crippen LogP contribution in [0.2, 0.25) is 0 Å². The lowest BCUT2D eigenvalue weighted by molar-refractivity contribution is 0.215. The number of hydrogen-bond donors (Lipinski definition) is 0. The van der Waals surface area contributed by atoms with Gasteiger partial charge >= 0.3 is 6.72 Å². The summed E-state index contributed by atoms with van der Waals surface area (Å²) in [5, 5.41) is 0. The highest BCUT2D eigenvalue weighted by atomic mass is 32.5. The van der Waals surface area contributed by atoms with Gasteiger partial charge in [0.25, 0.3) is 0 Å². The molecule has 0 fully saturated rings. The van der Waals surface area contributed by atoms with Crippen molar-refractivity contribution in [2.24, 2.45) is 0 Å². The van der Waals surface area contributed by atoms with Crippen molar-refractivity contribution in [3.8, 4) is 5.88 Å². The molecule has 0 atom stereocenters. The van der Waals surface area contributed by atoms with Crippen molar-refractivity contribution >= 4 is 18.5 Å². The molecule has 0 aliphatic heterocycles. The van der Waals surface area contributed by atoms with Crippen LogP contribution in [0.5, 0.6) is 5.88 Å². The Labute approximate surface area is 126 Å². The highest BCUT2D eigenvalue weighted by molar-refractivity contribution is 8.07. The lowest BCUT2D eigenvalue weighted by Gasteiger charge is -2.22. The van der Waals surface area contributed by atoms with Crippen LogP contribution in [-0.2, 0) is 26.3 Å². The van der Waals surface area contributed by atoms with Crippen molar-refractivity contribution in [1.29, 1.82) is 0 Å². The van der Waals surface area contributed by atoms with Crippen LogP contribution in [0.15, 0.2) is 6.07 Å². The molecule has 0 unspecified atom stereocenters. The lowest BCUT2D eigenvalue weighted by atomic mass is 9.96. The number of nitrogens with zero attached hydrogens (tertiary/aromatic N) is 2. The van der Waals surface area contributed by atoms with Gasteiger partial charge in [-0.2, -0.15) is 4.98 Å². The summed E-state index contributed by atoms with van der Waals surface area (Å²) in [6.45, 7) is 9.84. The molecule has 0 saturated carbocycles. The van der Waals surface area contributed by atoms with Gasteiger partial charge in [-0.3, -0.25) is 9.05 Å². The van der Waals surface area contributed by atoms with Crippen molar-refractivity contribution < 1.29 is 13.6 Å². The molecule has 0 aliphatic rings. The van der Waals surface area contributed by atoms with Gasteiger partial charge in [0.05, 0.1) is 13.2 Å². The summed E-state index contributed by atoms with van der Waals surface area (Å²) in [6, 6.07) is 1.74. The van der Waals surface area contributed by atoms with Gasteiger partial charge in [-0.15, -0.1) is 0 Å². The van der Waals surface area contributed by atoms with E-state index in [4.69, 9.17) is 25.4 Å². The van der Waals surface area contributed by atoms with Crippen LogP contribution in [0.4, 0.5) is 0 Å². The highest BCUT2D eigenvalue weighted by Gasteiger charge is 2.24. The van der Waals surface area contributed by atoms with Gasteiger partial charge < -0.3 is 4.52 Å². The average molecular weight is 318 g/mol. The van der Waals surface area contributed by atoms with Crippen molar-refractivity contribution in [2.45, 2.75) is 47.0 Å². The topological polar surface area (TPSA) is 53.5 Å². The summed E-state index contributed by atoms with van der Waals surface area (Å²) in [5.74, 6) is 1.12. The van der Waals surface area contributed by atoms with Gasteiger partial charge in [-0.25, -0.2) is 4.98 Å². The molecular weight excluding hydrogens is 295 g/mol. The van der Waals surface area contributed by atoms with Crippen LogP contribution in [0, 0.1) is 6.92 Å². The van der Waals surface area contributed by atoms with Crippen molar-refractivity contribution in [2.75, 3.05) is 13.2 Å². The van der Waals surface area contributed by atoms with Gasteiger partial charge in [-0.1, -0.05) is 20.8 Å². The van der Waals surface area contributed by atoms with E-state index < -0.39 is 6.72 Å². The van der Waals surface area contributed by atoms with Gasteiger partial charge in [0.2, 0.25) is 5.88 Å². The van der Waals surface area contributed by atoms with Crippen LogP contribution >= 0.6 is 6.72 Å². The molecule has 5 nitrogen and oxygen atoms in total. The van der Waals surface area contributed by atoms with Crippen LogP contribution < -0.4 is 4.52 Å². The molecule has 7 heteroatoms. The first kappa shape index (κ1) is 17.5. The van der Waals surface area contributed by atoms with E-state index in [0.717, 1.165) is 5.69 Å². The molecule has 0 amide bonds. The van der Waals surface area contributed by atoms with E-state index in [2.05, 4.69) is 9.97 Å². The molecule has 1 aromatic rings. The first-order valence-electron chi connectivity index (χ1n) is 6.65. The third-order valence-electron chi connectivity index (χ3n) is 2.28. The van der Waals surface area contributed by atoms with Gasteiger partial charge in [0, 0.05) is 29.0 Å². The fourth-order valence-electron chi connectivity index (χ4n) is 1.44. The van der Waals surface area contributed by atoms with Crippen LogP contribution in [0.25, 0.3) is 0 Å². The third-order valence-corrected chi connectivity index (χ3v) is 4.70. The Morgan fingerprint density at radius 2 is 1.70 bits per heavy atom. The van der Waals surface area contributed by atoms with Crippen LogP contribution in [-0.4, -0.2) is 23.2 Å². The molecule has 0 aromatic carbocycles. The molecular formula is C13H23N2O3PS. The summed E-state index contributed by atoms with van der Waals surface area (Å²) in [7, 11) is 0. The first-order valence-corrected chi connectivity index (χ1v) is 9.20. The summed E-state index contributed by atoms with van der Waals surface area (Å²) >= 11 is 5.35. The molecule has 0 saturated heterocycles. The Bertz CT molecular complexity index is 493. The lowest BCUT2D eigenvalue weighted by Crippen LogP contribution is -2.17. The monoisotopic (exact) mass is 318 g/mol. The number of aromatic nitrogens is 2. The minimum atomic E-state index is -2.79. The van der Waals surface area contributed by atoms with E-state index in [-0.39, 0.29) is 5.41 Å². The second kappa shape index (κ2) is 6.94. The Hall–Kier alpha value is -0.550. The molecule has 0 N–H and O–H groups in total. The van der Waals surface area contributed by atoms with Gasteiger partial charge in [0.15, 0.2) is 0 Å². The Kier molecular flexibility index (Phi) is 6.07. The highest BCUT2D eigenvalue weighted by Crippen LogP contribution is 2.49. The first-order chi connectivity index (χ1) is 9.20. The Balaban J connectivity index is 3.07. The maximum Gasteiger partial charge on any atom is 0.381 e. The molecule has 0 aliphatic carbocycles. The predicted molar refractivity (Wildman–Crippen MR) is 83.6 cm³/mol. The summed E-state index contributed by atoms with van der Waals surface area (Å²) in [5.41, 5.74) is 0.665. The standard InChI is InChI=1S/C13H23N2O3PS/c1-7-16-19(20,17-8-2)18-11-9-10(3)14-12(15-11)13(4,5)6/h9H,7-8H2,1-6H3. The minimum absolute atomic E-state index is 0.163. The molecule has 0 radical (unpaired) electrons. The second-order valence-corrected chi connectivity index (χ2v) is 8.23. The fraction of sp³-hybridized carbons (Fsp3) is 0.692. The molecule has 1 rings (SSSR count). The zero-order chi connectivity index (χ0) is 15.4. The van der Waals surface area contributed by atoms with E-state index in [1.807, 2.05) is 41.5 Å². The largest absolute Gasteiger partial charge is 0.406 e. The van der Waals surface area contributed by atoms with E-state index in [9.17, 15) is 0 Å². The second-order valence-electron chi connectivity index (χ2n) is 5.30. The quantitative estimate of drug-likeness (QED) is 0.744. The normalized spacial score (nSPS) is 12.5. The number of hydrogen-bond acceptors (Lipinski definition) is 6. The number of aryl methyl sites for hydroxylation is 1. The molecule has 1 aromatic heterocycles. The molecule has 1 heterocycles. The molecule has 0 spiro atoms. The van der Waals surface area contributed by atoms with Crippen molar-refractivity contribution in [3.05, 3.63) is 17.6 Å². The van der Waals surface area contributed by atoms with Crippen LogP contribution in [0.1, 0.15) is 46.1 Å². The maximum atomic E-state index is 5.73. The zero-order valence-corrected chi connectivity index (χ0v) is 14.7. The van der Waals surface area contributed by atoms with Crippen molar-refractivity contribution in [3.63, 3.8) is 0 Å². The Morgan fingerprint density at radius 1 is 1.15 bits per heavy atom. The summed E-state index contributed by atoms with van der Waals surface area (Å²) < 4.78 is 16.7. The summed E-state index contributed by atoms with van der Waals surface area (Å²) in [4.78, 5) is 8.85. The molecule has 0 bridgehead atoms.